The van der Waals surface area contributed by atoms with Gasteiger partial charge in [0.1, 0.15) is 0 Å². The molecule has 70 valence electrons. The van der Waals surface area contributed by atoms with Gasteiger partial charge in [0.2, 0.25) is 0 Å². The number of rotatable bonds is 3. The molecule has 0 saturated carbocycles. The first-order valence-electron chi connectivity index (χ1n) is 3.97. The summed E-state index contributed by atoms with van der Waals surface area (Å²) in [7, 11) is 0. The highest BCUT2D eigenvalue weighted by atomic mass is 16.3. The monoisotopic (exact) mass is 188 g/mol. The molecule has 0 radical (unpaired) electrons. The molecular formula is C9H8N4O. The summed E-state index contributed by atoms with van der Waals surface area (Å²) in [5, 5.41) is 21.4. The second kappa shape index (κ2) is 4.87. The summed E-state index contributed by atoms with van der Waals surface area (Å²) in [6.45, 7) is -0.0224. The fourth-order valence-corrected chi connectivity index (χ4v) is 1.03. The Morgan fingerprint density at radius 3 is 3.07 bits per heavy atom. The van der Waals surface area contributed by atoms with Crippen molar-refractivity contribution in [1.82, 2.24) is 0 Å². The number of aliphatic hydroxyl groups is 1. The summed E-state index contributed by atoms with van der Waals surface area (Å²) < 4.78 is 0. The largest absolute Gasteiger partial charge is 0.388 e. The lowest BCUT2D eigenvalue weighted by atomic mass is 10.1. The van der Waals surface area contributed by atoms with E-state index in [-0.39, 0.29) is 6.54 Å². The predicted octanol–water partition coefficient (Wildman–Crippen LogP) is 1.90. The van der Waals surface area contributed by atoms with Crippen LogP contribution in [-0.4, -0.2) is 11.7 Å². The van der Waals surface area contributed by atoms with Crippen LogP contribution in [0.1, 0.15) is 17.2 Å². The van der Waals surface area contributed by atoms with Gasteiger partial charge in [-0.15, -0.1) is 0 Å². The number of azide groups is 1. The fourth-order valence-electron chi connectivity index (χ4n) is 1.03. The maximum Gasteiger partial charge on any atom is 0.0991 e. The van der Waals surface area contributed by atoms with Gasteiger partial charge in [-0.1, -0.05) is 17.2 Å². The molecule has 0 fully saturated rings. The van der Waals surface area contributed by atoms with E-state index in [2.05, 4.69) is 10.0 Å². The average molecular weight is 188 g/mol. The average Bonchev–Trinajstić information content (AvgIpc) is 2.26. The zero-order valence-corrected chi connectivity index (χ0v) is 7.33. The Morgan fingerprint density at radius 2 is 2.43 bits per heavy atom. The Kier molecular flexibility index (Phi) is 3.50. The first kappa shape index (κ1) is 10.1. The van der Waals surface area contributed by atoms with Gasteiger partial charge in [-0.05, 0) is 23.2 Å². The van der Waals surface area contributed by atoms with Crippen molar-refractivity contribution in [2.75, 3.05) is 6.54 Å². The van der Waals surface area contributed by atoms with Gasteiger partial charge in [-0.3, -0.25) is 0 Å². The zero-order chi connectivity index (χ0) is 10.4. The molecule has 0 heterocycles. The van der Waals surface area contributed by atoms with Gasteiger partial charge in [0.15, 0.2) is 0 Å². The molecule has 0 saturated heterocycles. The van der Waals surface area contributed by atoms with Gasteiger partial charge >= 0.3 is 0 Å². The summed E-state index contributed by atoms with van der Waals surface area (Å²) >= 11 is 0. The number of nitriles is 1. The van der Waals surface area contributed by atoms with Gasteiger partial charge in [0, 0.05) is 4.91 Å². The molecule has 14 heavy (non-hydrogen) atoms. The summed E-state index contributed by atoms with van der Waals surface area (Å²) in [5.41, 5.74) is 9.11. The van der Waals surface area contributed by atoms with E-state index in [0.29, 0.717) is 11.1 Å². The van der Waals surface area contributed by atoms with E-state index in [0.717, 1.165) is 0 Å². The van der Waals surface area contributed by atoms with Crippen molar-refractivity contribution in [3.05, 3.63) is 45.8 Å². The highest BCUT2D eigenvalue weighted by molar-refractivity contribution is 5.33. The second-order valence-electron chi connectivity index (χ2n) is 2.67. The van der Waals surface area contributed by atoms with Crippen molar-refractivity contribution in [3.8, 4) is 6.07 Å². The molecule has 5 nitrogen and oxygen atoms in total. The quantitative estimate of drug-likeness (QED) is 0.445. The van der Waals surface area contributed by atoms with Gasteiger partial charge in [-0.2, -0.15) is 5.26 Å². The van der Waals surface area contributed by atoms with Gasteiger partial charge in [0.05, 0.1) is 24.3 Å². The standard InChI is InChI=1S/C9H8N4O/c10-5-7-2-1-3-8(4-7)9(14)6-12-13-11/h1-4,9,14H,6H2/t9-/m1/s1. The van der Waals surface area contributed by atoms with Gasteiger partial charge < -0.3 is 5.11 Å². The highest BCUT2D eigenvalue weighted by Crippen LogP contribution is 2.14. The maximum atomic E-state index is 9.50. The summed E-state index contributed by atoms with van der Waals surface area (Å²) in [6.07, 6.45) is -0.848. The van der Waals surface area contributed by atoms with Crippen LogP contribution in [0.2, 0.25) is 0 Å². The molecule has 1 rings (SSSR count). The molecule has 0 amide bonds. The van der Waals surface area contributed by atoms with Crippen molar-refractivity contribution in [2.24, 2.45) is 5.11 Å². The summed E-state index contributed by atoms with van der Waals surface area (Å²) in [4.78, 5) is 2.54. The topological polar surface area (TPSA) is 92.8 Å². The van der Waals surface area contributed by atoms with Gasteiger partial charge in [-0.25, -0.2) is 0 Å². The minimum Gasteiger partial charge on any atom is -0.388 e. The van der Waals surface area contributed by atoms with Crippen LogP contribution in [0, 0.1) is 11.3 Å². The van der Waals surface area contributed by atoms with Crippen molar-refractivity contribution < 1.29 is 5.11 Å². The van der Waals surface area contributed by atoms with Crippen LogP contribution >= 0.6 is 0 Å². The molecule has 1 aromatic rings. The van der Waals surface area contributed by atoms with Crippen LogP contribution < -0.4 is 0 Å². The molecule has 0 aliphatic heterocycles. The third-order valence-electron chi connectivity index (χ3n) is 1.72. The van der Waals surface area contributed by atoms with Crippen LogP contribution in [0.15, 0.2) is 29.4 Å². The van der Waals surface area contributed by atoms with E-state index in [1.807, 2.05) is 6.07 Å². The Balaban J connectivity index is 2.85. The lowest BCUT2D eigenvalue weighted by Crippen LogP contribution is -2.00. The minimum absolute atomic E-state index is 0.0224. The maximum absolute atomic E-state index is 9.50. The molecule has 1 atom stereocenters. The number of benzene rings is 1. The molecule has 0 aliphatic rings. The predicted molar refractivity (Wildman–Crippen MR) is 50.1 cm³/mol. The fraction of sp³-hybridized carbons (Fsp3) is 0.222. The first-order valence-corrected chi connectivity index (χ1v) is 3.97. The summed E-state index contributed by atoms with van der Waals surface area (Å²) in [6, 6.07) is 8.53. The van der Waals surface area contributed by atoms with E-state index in [9.17, 15) is 5.11 Å². The van der Waals surface area contributed by atoms with E-state index in [1.54, 1.807) is 24.3 Å². The van der Waals surface area contributed by atoms with Crippen molar-refractivity contribution in [3.63, 3.8) is 0 Å². The molecule has 1 N–H and O–H groups in total. The number of hydrogen-bond acceptors (Lipinski definition) is 3. The highest BCUT2D eigenvalue weighted by Gasteiger charge is 2.05. The molecular weight excluding hydrogens is 180 g/mol. The minimum atomic E-state index is -0.848. The Hall–Kier alpha value is -2.02. The van der Waals surface area contributed by atoms with Gasteiger partial charge in [0.25, 0.3) is 0 Å². The smallest absolute Gasteiger partial charge is 0.0991 e. The number of aliphatic hydroxyl groups excluding tert-OH is 1. The normalized spacial score (nSPS) is 11.1. The lowest BCUT2D eigenvalue weighted by molar-refractivity contribution is 0.187. The SMILES string of the molecule is N#Cc1cccc([C@H](O)CN=[N+]=[N-])c1. The Bertz CT molecular complexity index is 404. The van der Waals surface area contributed by atoms with Crippen LogP contribution in [-0.2, 0) is 0 Å². The third-order valence-corrected chi connectivity index (χ3v) is 1.72. The molecule has 0 aliphatic carbocycles. The van der Waals surface area contributed by atoms with E-state index >= 15 is 0 Å². The number of nitrogens with zero attached hydrogens (tertiary/aromatic N) is 4. The second-order valence-corrected chi connectivity index (χ2v) is 2.67. The molecule has 0 unspecified atom stereocenters. The van der Waals surface area contributed by atoms with E-state index < -0.39 is 6.10 Å². The van der Waals surface area contributed by atoms with Crippen LogP contribution in [0.4, 0.5) is 0 Å². The molecule has 0 bridgehead atoms. The molecule has 1 aromatic carbocycles. The Morgan fingerprint density at radius 1 is 1.64 bits per heavy atom. The van der Waals surface area contributed by atoms with E-state index in [4.69, 9.17) is 10.8 Å². The lowest BCUT2D eigenvalue weighted by Gasteiger charge is -2.06. The molecule has 0 spiro atoms. The van der Waals surface area contributed by atoms with Crippen molar-refractivity contribution >= 4 is 0 Å². The molecule has 0 aromatic heterocycles. The van der Waals surface area contributed by atoms with Crippen LogP contribution in [0.3, 0.4) is 0 Å². The first-order chi connectivity index (χ1) is 6.77. The van der Waals surface area contributed by atoms with Crippen molar-refractivity contribution in [2.45, 2.75) is 6.10 Å². The summed E-state index contributed by atoms with van der Waals surface area (Å²) in [5.74, 6) is 0. The molecule has 5 heteroatoms. The van der Waals surface area contributed by atoms with E-state index in [1.165, 1.54) is 0 Å². The Labute approximate surface area is 80.8 Å². The number of hydrogen-bond donors (Lipinski definition) is 1. The van der Waals surface area contributed by atoms with Crippen LogP contribution in [0.25, 0.3) is 10.4 Å². The zero-order valence-electron chi connectivity index (χ0n) is 7.33. The third kappa shape index (κ3) is 2.49. The van der Waals surface area contributed by atoms with Crippen molar-refractivity contribution in [1.29, 1.82) is 5.26 Å². The van der Waals surface area contributed by atoms with Crippen LogP contribution in [0.5, 0.6) is 0 Å².